The minimum atomic E-state index is 0. The second-order valence-corrected chi connectivity index (χ2v) is 5.25. The molecule has 0 spiro atoms. The number of aliphatic imine (C=N–C) groups is 1. The first-order chi connectivity index (χ1) is 8.83. The van der Waals surface area contributed by atoms with E-state index in [0.717, 1.165) is 31.0 Å². The molecular formula is C13H27IN4O. The lowest BCUT2D eigenvalue weighted by atomic mass is 10.1. The van der Waals surface area contributed by atoms with Gasteiger partial charge in [-0.3, -0.25) is 4.99 Å². The van der Waals surface area contributed by atoms with Gasteiger partial charge in [0, 0.05) is 39.8 Å². The monoisotopic (exact) mass is 382 g/mol. The van der Waals surface area contributed by atoms with Gasteiger partial charge in [-0.15, -0.1) is 24.0 Å². The normalized spacial score (nSPS) is 24.1. The van der Waals surface area contributed by atoms with Crippen LogP contribution in [0.3, 0.4) is 0 Å². The van der Waals surface area contributed by atoms with Crippen LogP contribution in [0.25, 0.3) is 0 Å². The van der Waals surface area contributed by atoms with Crippen molar-refractivity contribution < 1.29 is 4.74 Å². The second-order valence-electron chi connectivity index (χ2n) is 5.25. The summed E-state index contributed by atoms with van der Waals surface area (Å²) in [5.41, 5.74) is 0. The van der Waals surface area contributed by atoms with Crippen LogP contribution in [-0.2, 0) is 4.74 Å². The van der Waals surface area contributed by atoms with Crippen LogP contribution in [0.5, 0.6) is 0 Å². The number of hydrogen-bond acceptors (Lipinski definition) is 3. The number of methoxy groups -OCH3 is 1. The van der Waals surface area contributed by atoms with Crippen LogP contribution in [0.2, 0.25) is 0 Å². The van der Waals surface area contributed by atoms with Crippen molar-refractivity contribution in [2.45, 2.75) is 25.3 Å². The molecule has 0 amide bonds. The van der Waals surface area contributed by atoms with E-state index < -0.39 is 0 Å². The van der Waals surface area contributed by atoms with Gasteiger partial charge in [0.05, 0.1) is 6.61 Å². The first-order valence-corrected chi connectivity index (χ1v) is 7.01. The van der Waals surface area contributed by atoms with Crippen molar-refractivity contribution in [3.63, 3.8) is 0 Å². The Bertz CT molecular complexity index is 284. The Labute approximate surface area is 133 Å². The highest BCUT2D eigenvalue weighted by Gasteiger charge is 2.34. The van der Waals surface area contributed by atoms with E-state index in [-0.39, 0.29) is 24.0 Å². The fraction of sp³-hybridized carbons (Fsp3) is 0.923. The highest BCUT2D eigenvalue weighted by molar-refractivity contribution is 14.0. The predicted octanol–water partition coefficient (Wildman–Crippen LogP) is 0.900. The summed E-state index contributed by atoms with van der Waals surface area (Å²) in [5, 5.41) is 6.65. The third-order valence-corrected chi connectivity index (χ3v) is 3.76. The molecule has 1 aliphatic carbocycles. The highest BCUT2D eigenvalue weighted by atomic mass is 127. The van der Waals surface area contributed by atoms with Crippen LogP contribution in [0.1, 0.15) is 19.3 Å². The maximum absolute atomic E-state index is 5.01. The molecule has 2 aliphatic rings. The maximum Gasteiger partial charge on any atom is 0.191 e. The summed E-state index contributed by atoms with van der Waals surface area (Å²) in [6.45, 7) is 5.07. The summed E-state index contributed by atoms with van der Waals surface area (Å²) in [5.74, 6) is 1.66. The molecule has 1 saturated carbocycles. The number of guanidine groups is 1. The predicted molar refractivity (Wildman–Crippen MR) is 89.4 cm³/mol. The largest absolute Gasteiger partial charge is 0.383 e. The number of rotatable bonds is 6. The molecule has 1 saturated heterocycles. The van der Waals surface area contributed by atoms with Gasteiger partial charge in [-0.1, -0.05) is 0 Å². The van der Waals surface area contributed by atoms with Crippen molar-refractivity contribution >= 4 is 29.9 Å². The molecule has 1 aliphatic heterocycles. The lowest BCUT2D eigenvalue weighted by molar-refractivity contribution is 0.203. The zero-order valence-corrected chi connectivity index (χ0v) is 14.4. The number of hydrogen-bond donors (Lipinski definition) is 2. The van der Waals surface area contributed by atoms with Crippen LogP contribution < -0.4 is 10.6 Å². The molecule has 1 unspecified atom stereocenters. The average molecular weight is 382 g/mol. The van der Waals surface area contributed by atoms with Crippen LogP contribution in [0.4, 0.5) is 0 Å². The number of nitrogens with one attached hydrogen (secondary N) is 2. The molecule has 0 aromatic carbocycles. The fourth-order valence-electron chi connectivity index (χ4n) is 2.53. The molecule has 0 aromatic heterocycles. The van der Waals surface area contributed by atoms with E-state index in [2.05, 4.69) is 20.5 Å². The van der Waals surface area contributed by atoms with Crippen LogP contribution in [0.15, 0.2) is 4.99 Å². The summed E-state index contributed by atoms with van der Waals surface area (Å²) in [6.07, 6.45) is 4.15. The van der Waals surface area contributed by atoms with Gasteiger partial charge in [0.2, 0.25) is 0 Å². The van der Waals surface area contributed by atoms with Crippen molar-refractivity contribution in [3.05, 3.63) is 0 Å². The molecule has 2 rings (SSSR count). The summed E-state index contributed by atoms with van der Waals surface area (Å²) < 4.78 is 5.01. The van der Waals surface area contributed by atoms with Gasteiger partial charge in [0.25, 0.3) is 0 Å². The van der Waals surface area contributed by atoms with Gasteiger partial charge < -0.3 is 20.3 Å². The zero-order chi connectivity index (χ0) is 12.8. The van der Waals surface area contributed by atoms with E-state index in [4.69, 9.17) is 4.74 Å². The van der Waals surface area contributed by atoms with E-state index in [1.807, 2.05) is 7.05 Å². The summed E-state index contributed by atoms with van der Waals surface area (Å²) in [6, 6.07) is 0.911. The second kappa shape index (κ2) is 8.97. The quantitative estimate of drug-likeness (QED) is 0.310. The van der Waals surface area contributed by atoms with Gasteiger partial charge in [-0.2, -0.15) is 0 Å². The van der Waals surface area contributed by atoms with E-state index in [9.17, 15) is 0 Å². The standard InChI is InChI=1S/C13H26N4O.HI/c1-14-13(15-6-8-18-2)16-9-11-5-7-17(10-11)12-3-4-12;/h11-12H,3-10H2,1-2H3,(H2,14,15,16);1H. The Morgan fingerprint density at radius 1 is 1.32 bits per heavy atom. The van der Waals surface area contributed by atoms with Crippen LogP contribution in [-0.4, -0.2) is 63.8 Å². The lowest BCUT2D eigenvalue weighted by Crippen LogP contribution is -2.41. The first kappa shape index (κ1) is 17.0. The summed E-state index contributed by atoms with van der Waals surface area (Å²) >= 11 is 0. The number of ether oxygens (including phenoxy) is 1. The molecule has 2 fully saturated rings. The SMILES string of the molecule is CN=C(NCCOC)NCC1CCN(C2CC2)C1.I. The lowest BCUT2D eigenvalue weighted by Gasteiger charge is -2.16. The Morgan fingerprint density at radius 2 is 2.11 bits per heavy atom. The molecule has 19 heavy (non-hydrogen) atoms. The molecule has 1 heterocycles. The molecule has 112 valence electrons. The Balaban J connectivity index is 0.00000180. The van der Waals surface area contributed by atoms with Crippen LogP contribution >= 0.6 is 24.0 Å². The minimum absolute atomic E-state index is 0. The van der Waals surface area contributed by atoms with Gasteiger partial charge in [0.1, 0.15) is 0 Å². The third-order valence-electron chi connectivity index (χ3n) is 3.76. The van der Waals surface area contributed by atoms with E-state index in [1.54, 1.807) is 7.11 Å². The zero-order valence-electron chi connectivity index (χ0n) is 12.0. The highest BCUT2D eigenvalue weighted by Crippen LogP contribution is 2.31. The average Bonchev–Trinajstić information content (AvgIpc) is 3.13. The van der Waals surface area contributed by atoms with E-state index in [1.165, 1.54) is 32.4 Å². The summed E-state index contributed by atoms with van der Waals surface area (Å²) in [4.78, 5) is 6.86. The maximum atomic E-state index is 5.01. The van der Waals surface area contributed by atoms with Crippen molar-refractivity contribution in [1.82, 2.24) is 15.5 Å². The van der Waals surface area contributed by atoms with Gasteiger partial charge in [-0.05, 0) is 31.7 Å². The molecule has 1 atom stereocenters. The van der Waals surface area contributed by atoms with Crippen molar-refractivity contribution in [3.8, 4) is 0 Å². The molecule has 6 heteroatoms. The Kier molecular flexibility index (Phi) is 8.01. The number of nitrogens with zero attached hydrogens (tertiary/aromatic N) is 2. The minimum Gasteiger partial charge on any atom is -0.383 e. The Morgan fingerprint density at radius 3 is 2.74 bits per heavy atom. The van der Waals surface area contributed by atoms with Crippen molar-refractivity contribution in [1.29, 1.82) is 0 Å². The molecule has 5 nitrogen and oxygen atoms in total. The number of halogens is 1. The van der Waals surface area contributed by atoms with Gasteiger partial charge >= 0.3 is 0 Å². The van der Waals surface area contributed by atoms with Gasteiger partial charge in [-0.25, -0.2) is 0 Å². The molecular weight excluding hydrogens is 355 g/mol. The molecule has 0 bridgehead atoms. The molecule has 0 aromatic rings. The Hall–Kier alpha value is -0.0800. The van der Waals surface area contributed by atoms with Crippen molar-refractivity contribution in [2.24, 2.45) is 10.9 Å². The topological polar surface area (TPSA) is 48.9 Å². The van der Waals surface area contributed by atoms with E-state index >= 15 is 0 Å². The summed E-state index contributed by atoms with van der Waals surface area (Å²) in [7, 11) is 3.52. The van der Waals surface area contributed by atoms with Crippen LogP contribution in [0, 0.1) is 5.92 Å². The fourth-order valence-corrected chi connectivity index (χ4v) is 2.53. The number of likely N-dealkylation sites (tertiary alicyclic amines) is 1. The third kappa shape index (κ3) is 5.83. The first-order valence-electron chi connectivity index (χ1n) is 7.01. The van der Waals surface area contributed by atoms with E-state index in [0.29, 0.717) is 6.61 Å². The molecule has 2 N–H and O–H groups in total. The smallest absolute Gasteiger partial charge is 0.191 e. The van der Waals surface area contributed by atoms with Crippen molar-refractivity contribution in [2.75, 3.05) is 46.9 Å². The molecule has 0 radical (unpaired) electrons. The van der Waals surface area contributed by atoms with Gasteiger partial charge in [0.15, 0.2) is 5.96 Å².